The summed E-state index contributed by atoms with van der Waals surface area (Å²) in [6.07, 6.45) is 1.91. The van der Waals surface area contributed by atoms with Crippen LogP contribution in [0.1, 0.15) is 30.5 Å². The Hall–Kier alpha value is -1.47. The average Bonchev–Trinajstić information content (AvgIpc) is 3.19. The summed E-state index contributed by atoms with van der Waals surface area (Å²) in [7, 11) is 1.62. The Labute approximate surface area is 111 Å². The van der Waals surface area contributed by atoms with Crippen LogP contribution in [-0.2, 0) is 16.1 Å². The number of nitrogens with zero attached hydrogens (tertiary/aromatic N) is 3. The molecule has 0 aromatic carbocycles. The lowest BCUT2D eigenvalue weighted by Gasteiger charge is -2.30. The second-order valence-corrected chi connectivity index (χ2v) is 5.03. The van der Waals surface area contributed by atoms with Gasteiger partial charge in [0.1, 0.15) is 6.10 Å². The van der Waals surface area contributed by atoms with E-state index in [0.717, 1.165) is 25.2 Å². The van der Waals surface area contributed by atoms with E-state index < -0.39 is 6.10 Å². The molecule has 2 fully saturated rings. The molecule has 1 unspecified atom stereocenters. The number of carbonyl (C=O) groups is 1. The Bertz CT molecular complexity index is 458. The summed E-state index contributed by atoms with van der Waals surface area (Å²) in [6.45, 7) is 2.45. The Morgan fingerprint density at radius 1 is 1.53 bits per heavy atom. The monoisotopic (exact) mass is 266 g/mol. The van der Waals surface area contributed by atoms with E-state index in [2.05, 4.69) is 20.4 Å². The SMILES string of the molecule is CNC(=O)C1CN(Cc2nc(C3CC3)no2)CCO1. The first kappa shape index (κ1) is 12.6. The van der Waals surface area contributed by atoms with Gasteiger partial charge in [0.05, 0.1) is 13.2 Å². The largest absolute Gasteiger partial charge is 0.366 e. The van der Waals surface area contributed by atoms with Crippen LogP contribution >= 0.6 is 0 Å². The molecular formula is C12H18N4O3. The van der Waals surface area contributed by atoms with Crippen molar-refractivity contribution in [2.75, 3.05) is 26.7 Å². The number of rotatable bonds is 4. The van der Waals surface area contributed by atoms with Crippen LogP contribution in [0.25, 0.3) is 0 Å². The summed E-state index contributed by atoms with van der Waals surface area (Å²) < 4.78 is 10.7. The van der Waals surface area contributed by atoms with Crippen molar-refractivity contribution in [2.24, 2.45) is 0 Å². The lowest BCUT2D eigenvalue weighted by molar-refractivity contribution is -0.138. The van der Waals surface area contributed by atoms with Gasteiger partial charge in [0, 0.05) is 26.1 Å². The summed E-state index contributed by atoms with van der Waals surface area (Å²) in [6, 6.07) is 0. The highest BCUT2D eigenvalue weighted by Gasteiger charge is 2.30. The number of amides is 1. The van der Waals surface area contributed by atoms with E-state index in [0.29, 0.717) is 31.5 Å². The molecular weight excluding hydrogens is 248 g/mol. The van der Waals surface area contributed by atoms with Gasteiger partial charge in [-0.2, -0.15) is 4.98 Å². The highest BCUT2D eigenvalue weighted by Crippen LogP contribution is 2.38. The molecule has 2 aliphatic rings. The maximum absolute atomic E-state index is 11.6. The number of hydrogen-bond donors (Lipinski definition) is 1. The van der Waals surface area contributed by atoms with Gasteiger partial charge < -0.3 is 14.6 Å². The molecule has 104 valence electrons. The minimum absolute atomic E-state index is 0.0890. The van der Waals surface area contributed by atoms with Crippen molar-refractivity contribution in [3.8, 4) is 0 Å². The highest BCUT2D eigenvalue weighted by atomic mass is 16.5. The smallest absolute Gasteiger partial charge is 0.250 e. The zero-order valence-corrected chi connectivity index (χ0v) is 11.0. The number of morpholine rings is 1. The van der Waals surface area contributed by atoms with Crippen molar-refractivity contribution in [2.45, 2.75) is 31.4 Å². The van der Waals surface area contributed by atoms with Crippen molar-refractivity contribution in [1.82, 2.24) is 20.4 Å². The predicted molar refractivity (Wildman–Crippen MR) is 65.4 cm³/mol. The lowest BCUT2D eigenvalue weighted by Crippen LogP contribution is -2.48. The Balaban J connectivity index is 1.57. The standard InChI is InChI=1S/C12H18N4O3/c1-13-12(17)9-6-16(4-5-18-9)7-10-14-11(15-19-10)8-2-3-8/h8-9H,2-7H2,1H3,(H,13,17). The lowest BCUT2D eigenvalue weighted by atomic mass is 10.2. The second kappa shape index (κ2) is 5.26. The summed E-state index contributed by atoms with van der Waals surface area (Å²) in [5.74, 6) is 1.86. The van der Waals surface area contributed by atoms with E-state index in [4.69, 9.17) is 9.26 Å². The number of nitrogens with one attached hydrogen (secondary N) is 1. The van der Waals surface area contributed by atoms with Crippen molar-refractivity contribution in [3.63, 3.8) is 0 Å². The highest BCUT2D eigenvalue weighted by molar-refractivity contribution is 5.80. The van der Waals surface area contributed by atoms with Crippen molar-refractivity contribution < 1.29 is 14.1 Å². The molecule has 0 spiro atoms. The van der Waals surface area contributed by atoms with Crippen LogP contribution in [0, 0.1) is 0 Å². The zero-order valence-electron chi connectivity index (χ0n) is 11.0. The van der Waals surface area contributed by atoms with Crippen LogP contribution in [0.15, 0.2) is 4.52 Å². The van der Waals surface area contributed by atoms with Gasteiger partial charge in [-0.05, 0) is 12.8 Å². The second-order valence-electron chi connectivity index (χ2n) is 5.03. The van der Waals surface area contributed by atoms with Crippen LogP contribution in [-0.4, -0.2) is 53.8 Å². The minimum atomic E-state index is -0.412. The molecule has 2 heterocycles. The number of hydrogen-bond acceptors (Lipinski definition) is 6. The molecule has 0 bridgehead atoms. The molecule has 7 nitrogen and oxygen atoms in total. The van der Waals surface area contributed by atoms with Gasteiger partial charge in [0.2, 0.25) is 11.8 Å². The molecule has 1 saturated carbocycles. The summed E-state index contributed by atoms with van der Waals surface area (Å²) >= 11 is 0. The molecule has 0 radical (unpaired) electrons. The molecule has 1 aliphatic heterocycles. The minimum Gasteiger partial charge on any atom is -0.366 e. The molecule has 1 aromatic rings. The summed E-state index contributed by atoms with van der Waals surface area (Å²) in [5.41, 5.74) is 0. The molecule has 19 heavy (non-hydrogen) atoms. The van der Waals surface area contributed by atoms with Crippen molar-refractivity contribution >= 4 is 5.91 Å². The fraction of sp³-hybridized carbons (Fsp3) is 0.750. The molecule has 1 atom stereocenters. The zero-order chi connectivity index (χ0) is 13.2. The van der Waals surface area contributed by atoms with Crippen LogP contribution in [0.3, 0.4) is 0 Å². The number of likely N-dealkylation sites (N-methyl/N-ethyl adjacent to an activating group) is 1. The first-order valence-electron chi connectivity index (χ1n) is 6.64. The van der Waals surface area contributed by atoms with E-state index in [1.807, 2.05) is 0 Å². The van der Waals surface area contributed by atoms with Gasteiger partial charge in [-0.1, -0.05) is 5.16 Å². The first-order chi connectivity index (χ1) is 9.26. The van der Waals surface area contributed by atoms with Crippen LogP contribution in [0.5, 0.6) is 0 Å². The van der Waals surface area contributed by atoms with E-state index in [9.17, 15) is 4.79 Å². The van der Waals surface area contributed by atoms with Crippen LogP contribution in [0.2, 0.25) is 0 Å². The van der Waals surface area contributed by atoms with Crippen molar-refractivity contribution in [3.05, 3.63) is 11.7 Å². The molecule has 1 aliphatic carbocycles. The Kier molecular flexibility index (Phi) is 3.48. The third kappa shape index (κ3) is 2.93. The maximum Gasteiger partial charge on any atom is 0.250 e. The third-order valence-corrected chi connectivity index (χ3v) is 3.47. The van der Waals surface area contributed by atoms with Gasteiger partial charge in [0.25, 0.3) is 0 Å². The summed E-state index contributed by atoms with van der Waals surface area (Å²) in [5, 5.41) is 6.60. The topological polar surface area (TPSA) is 80.5 Å². The molecule has 1 N–H and O–H groups in total. The van der Waals surface area contributed by atoms with Gasteiger partial charge in [-0.3, -0.25) is 9.69 Å². The van der Waals surface area contributed by atoms with E-state index in [1.54, 1.807) is 7.05 Å². The average molecular weight is 266 g/mol. The quantitative estimate of drug-likeness (QED) is 0.819. The number of aromatic nitrogens is 2. The van der Waals surface area contributed by atoms with Gasteiger partial charge in [0.15, 0.2) is 5.82 Å². The maximum atomic E-state index is 11.6. The number of carbonyl (C=O) groups excluding carboxylic acids is 1. The molecule has 1 amide bonds. The van der Waals surface area contributed by atoms with E-state index in [1.165, 1.54) is 0 Å². The van der Waals surface area contributed by atoms with Crippen LogP contribution < -0.4 is 5.32 Å². The van der Waals surface area contributed by atoms with Crippen molar-refractivity contribution in [1.29, 1.82) is 0 Å². The molecule has 1 aromatic heterocycles. The summed E-state index contributed by atoms with van der Waals surface area (Å²) in [4.78, 5) is 18.1. The fourth-order valence-electron chi connectivity index (χ4n) is 2.20. The van der Waals surface area contributed by atoms with Gasteiger partial charge in [-0.15, -0.1) is 0 Å². The third-order valence-electron chi connectivity index (χ3n) is 3.47. The number of ether oxygens (including phenoxy) is 1. The van der Waals surface area contributed by atoms with Gasteiger partial charge in [-0.25, -0.2) is 0 Å². The van der Waals surface area contributed by atoms with E-state index in [-0.39, 0.29) is 5.91 Å². The normalized spacial score (nSPS) is 24.4. The Morgan fingerprint density at radius 3 is 3.11 bits per heavy atom. The van der Waals surface area contributed by atoms with E-state index >= 15 is 0 Å². The fourth-order valence-corrected chi connectivity index (χ4v) is 2.20. The van der Waals surface area contributed by atoms with Crippen LogP contribution in [0.4, 0.5) is 0 Å². The predicted octanol–water partition coefficient (Wildman–Crippen LogP) is -0.106. The molecule has 3 rings (SSSR count). The molecule has 7 heteroatoms. The first-order valence-corrected chi connectivity index (χ1v) is 6.64. The molecule has 1 saturated heterocycles. The Morgan fingerprint density at radius 2 is 2.37 bits per heavy atom. The van der Waals surface area contributed by atoms with Gasteiger partial charge >= 0.3 is 0 Å².